The monoisotopic (exact) mass is 399 g/mol. The number of benzene rings is 1. The number of amides is 1. The maximum absolute atomic E-state index is 14.0. The lowest BCUT2D eigenvalue weighted by atomic mass is 10.1. The molecule has 146 valence electrons. The molecule has 0 spiro atoms. The first-order valence-electron chi connectivity index (χ1n) is 8.53. The minimum Gasteiger partial charge on any atom is -0.339 e. The number of hydrogen-bond donors (Lipinski definition) is 1. The summed E-state index contributed by atoms with van der Waals surface area (Å²) in [7, 11) is 2.00. The van der Waals surface area contributed by atoms with Crippen LogP contribution < -0.4 is 10.2 Å². The van der Waals surface area contributed by atoms with E-state index in [2.05, 4.69) is 20.4 Å². The van der Waals surface area contributed by atoms with Crippen LogP contribution in [0, 0.1) is 11.6 Å². The molecule has 10 heteroatoms. The third kappa shape index (κ3) is 3.80. The molecule has 1 N–H and O–H groups in total. The van der Waals surface area contributed by atoms with Gasteiger partial charge < -0.3 is 14.7 Å². The molecule has 0 bridgehead atoms. The first-order chi connectivity index (χ1) is 12.5. The van der Waals surface area contributed by atoms with Crippen molar-refractivity contribution in [2.75, 3.05) is 38.1 Å². The summed E-state index contributed by atoms with van der Waals surface area (Å²) in [6, 6.07) is 3.19. The van der Waals surface area contributed by atoms with Crippen molar-refractivity contribution in [3.8, 4) is 0 Å². The lowest BCUT2D eigenvalue weighted by molar-refractivity contribution is -0.117. The zero-order valence-electron chi connectivity index (χ0n) is 14.7. The van der Waals surface area contributed by atoms with Crippen molar-refractivity contribution in [1.82, 2.24) is 20.4 Å². The number of halogens is 3. The summed E-state index contributed by atoms with van der Waals surface area (Å²) in [5, 5.41) is 7.36. The second kappa shape index (κ2) is 7.87. The molecule has 2 unspecified atom stereocenters. The van der Waals surface area contributed by atoms with Crippen molar-refractivity contribution in [2.45, 2.75) is 18.4 Å². The normalized spacial score (nSPS) is 23.5. The Kier molecular flexibility index (Phi) is 5.73. The van der Waals surface area contributed by atoms with Crippen LogP contribution >= 0.6 is 12.4 Å². The van der Waals surface area contributed by atoms with Crippen LogP contribution in [0.4, 0.5) is 14.5 Å². The molecule has 2 aliphatic rings. The number of piperazine rings is 1. The quantitative estimate of drug-likeness (QED) is 0.849. The molecular formula is C17H20ClF2N5O2. The first kappa shape index (κ1) is 19.7. The Balaban J connectivity index is 0.00000210. The molecule has 2 atom stereocenters. The fourth-order valence-electron chi connectivity index (χ4n) is 3.45. The van der Waals surface area contributed by atoms with Crippen LogP contribution in [0.2, 0.25) is 0 Å². The highest BCUT2D eigenvalue weighted by Crippen LogP contribution is 2.33. The Labute approximate surface area is 161 Å². The van der Waals surface area contributed by atoms with E-state index in [0.717, 1.165) is 31.8 Å². The molecule has 3 heterocycles. The molecule has 1 aromatic heterocycles. The van der Waals surface area contributed by atoms with Gasteiger partial charge in [0.15, 0.2) is 5.82 Å². The van der Waals surface area contributed by atoms with Gasteiger partial charge in [0.2, 0.25) is 11.8 Å². The number of carbonyl (C=O) groups is 1. The molecule has 0 saturated carbocycles. The highest BCUT2D eigenvalue weighted by Gasteiger charge is 2.37. The summed E-state index contributed by atoms with van der Waals surface area (Å²) in [6.45, 7) is 2.74. The average molecular weight is 400 g/mol. The third-order valence-corrected chi connectivity index (χ3v) is 4.94. The lowest BCUT2D eigenvalue weighted by Gasteiger charge is -2.30. The van der Waals surface area contributed by atoms with E-state index in [1.807, 2.05) is 7.05 Å². The fraction of sp³-hybridized carbons (Fsp3) is 0.471. The molecule has 4 rings (SSSR count). The molecule has 0 aliphatic carbocycles. The maximum atomic E-state index is 14.0. The van der Waals surface area contributed by atoms with Crippen molar-refractivity contribution in [1.29, 1.82) is 0 Å². The van der Waals surface area contributed by atoms with Gasteiger partial charge >= 0.3 is 0 Å². The topological polar surface area (TPSA) is 74.5 Å². The Morgan fingerprint density at radius 3 is 2.89 bits per heavy atom. The average Bonchev–Trinajstić information content (AvgIpc) is 3.22. The summed E-state index contributed by atoms with van der Waals surface area (Å²) in [4.78, 5) is 20.2. The van der Waals surface area contributed by atoms with Gasteiger partial charge in [-0.1, -0.05) is 5.16 Å². The van der Waals surface area contributed by atoms with E-state index in [4.69, 9.17) is 4.52 Å². The van der Waals surface area contributed by atoms with E-state index in [1.165, 1.54) is 11.0 Å². The standard InChI is InChI=1S/C17H19F2N5O2.ClH/c1-23-5-4-20-8-14(23)16-21-17(26-22-16)10-6-15(25)24(9-10)13-3-2-11(18)7-12(13)19;/h2-3,7,10,14,20H,4-6,8-9H2,1H3;1H. The molecule has 7 nitrogen and oxygen atoms in total. The molecule has 27 heavy (non-hydrogen) atoms. The molecule has 2 aliphatic heterocycles. The molecule has 1 aromatic carbocycles. The van der Waals surface area contributed by atoms with Crippen molar-refractivity contribution < 1.29 is 18.1 Å². The number of nitrogens with one attached hydrogen (secondary N) is 1. The van der Waals surface area contributed by atoms with E-state index < -0.39 is 11.6 Å². The predicted molar refractivity (Wildman–Crippen MR) is 95.9 cm³/mol. The number of likely N-dealkylation sites (N-methyl/N-ethyl adjacent to an activating group) is 1. The lowest BCUT2D eigenvalue weighted by Crippen LogP contribution is -2.44. The number of hydrogen-bond acceptors (Lipinski definition) is 6. The van der Waals surface area contributed by atoms with E-state index in [0.29, 0.717) is 11.7 Å². The second-order valence-electron chi connectivity index (χ2n) is 6.69. The molecule has 2 fully saturated rings. The Hall–Kier alpha value is -2.10. The van der Waals surface area contributed by atoms with Gasteiger partial charge in [-0.15, -0.1) is 12.4 Å². The van der Waals surface area contributed by atoms with Gasteiger partial charge in [0.25, 0.3) is 0 Å². The fourth-order valence-corrected chi connectivity index (χ4v) is 3.45. The van der Waals surface area contributed by atoms with Crippen molar-refractivity contribution >= 4 is 24.0 Å². The van der Waals surface area contributed by atoms with Crippen LogP contribution in [0.15, 0.2) is 22.7 Å². The number of carbonyl (C=O) groups excluding carboxylic acids is 1. The summed E-state index contributed by atoms with van der Waals surface area (Å²) in [6.07, 6.45) is 0.150. The SMILES string of the molecule is CN1CCNCC1c1noc(C2CC(=O)N(c3ccc(F)cc3F)C2)n1.Cl. The van der Waals surface area contributed by atoms with Crippen LogP contribution in [0.1, 0.15) is 30.1 Å². The number of nitrogens with zero attached hydrogens (tertiary/aromatic N) is 4. The molecule has 2 saturated heterocycles. The predicted octanol–water partition coefficient (Wildman–Crippen LogP) is 1.87. The third-order valence-electron chi connectivity index (χ3n) is 4.94. The van der Waals surface area contributed by atoms with E-state index in [-0.39, 0.29) is 48.9 Å². The Morgan fingerprint density at radius 1 is 1.33 bits per heavy atom. The highest BCUT2D eigenvalue weighted by molar-refractivity contribution is 5.96. The largest absolute Gasteiger partial charge is 0.339 e. The van der Waals surface area contributed by atoms with Crippen molar-refractivity contribution in [3.63, 3.8) is 0 Å². The minimum atomic E-state index is -0.764. The molecule has 0 radical (unpaired) electrons. The number of aromatic nitrogens is 2. The summed E-state index contributed by atoms with van der Waals surface area (Å²) >= 11 is 0. The smallest absolute Gasteiger partial charge is 0.232 e. The summed E-state index contributed by atoms with van der Waals surface area (Å²) in [5.74, 6) is -1.06. The van der Waals surface area contributed by atoms with Gasteiger partial charge in [0, 0.05) is 38.7 Å². The van der Waals surface area contributed by atoms with Gasteiger partial charge in [-0.3, -0.25) is 9.69 Å². The zero-order valence-corrected chi connectivity index (χ0v) is 15.5. The number of rotatable bonds is 3. The Morgan fingerprint density at radius 2 is 2.15 bits per heavy atom. The van der Waals surface area contributed by atoms with Gasteiger partial charge in [-0.05, 0) is 19.2 Å². The first-order valence-corrected chi connectivity index (χ1v) is 8.53. The summed E-state index contributed by atoms with van der Waals surface area (Å²) in [5.41, 5.74) is 0.0647. The van der Waals surface area contributed by atoms with Crippen LogP contribution in [0.25, 0.3) is 0 Å². The number of anilines is 1. The minimum absolute atomic E-state index is 0. The van der Waals surface area contributed by atoms with Crippen LogP contribution in [0.3, 0.4) is 0 Å². The van der Waals surface area contributed by atoms with E-state index in [9.17, 15) is 13.6 Å². The molecule has 1 amide bonds. The second-order valence-corrected chi connectivity index (χ2v) is 6.69. The van der Waals surface area contributed by atoms with Gasteiger partial charge in [-0.25, -0.2) is 8.78 Å². The van der Waals surface area contributed by atoms with Crippen molar-refractivity contribution in [2.24, 2.45) is 0 Å². The van der Waals surface area contributed by atoms with Crippen LogP contribution in [-0.4, -0.2) is 54.2 Å². The van der Waals surface area contributed by atoms with Gasteiger partial charge in [0.05, 0.1) is 17.6 Å². The maximum Gasteiger partial charge on any atom is 0.232 e. The molecular weight excluding hydrogens is 380 g/mol. The summed E-state index contributed by atoms with van der Waals surface area (Å²) < 4.78 is 32.5. The van der Waals surface area contributed by atoms with Gasteiger partial charge in [-0.2, -0.15) is 4.98 Å². The Bertz CT molecular complexity index is 833. The van der Waals surface area contributed by atoms with Gasteiger partial charge in [0.1, 0.15) is 11.6 Å². The van der Waals surface area contributed by atoms with Crippen LogP contribution in [0.5, 0.6) is 0 Å². The van der Waals surface area contributed by atoms with E-state index in [1.54, 1.807) is 0 Å². The van der Waals surface area contributed by atoms with Crippen LogP contribution in [-0.2, 0) is 4.79 Å². The highest BCUT2D eigenvalue weighted by atomic mass is 35.5. The zero-order chi connectivity index (χ0) is 18.3. The van der Waals surface area contributed by atoms with E-state index >= 15 is 0 Å². The molecule has 2 aromatic rings. The van der Waals surface area contributed by atoms with Crippen molar-refractivity contribution in [3.05, 3.63) is 41.5 Å².